The molecule has 0 saturated carbocycles. The number of nitrogens with one attached hydrogen (secondary N) is 1. The van der Waals surface area contributed by atoms with E-state index in [1.807, 2.05) is 6.07 Å². The zero-order valence-corrected chi connectivity index (χ0v) is 15.2. The van der Waals surface area contributed by atoms with Crippen molar-refractivity contribution in [1.29, 1.82) is 0 Å². The summed E-state index contributed by atoms with van der Waals surface area (Å²) in [6.45, 7) is 2.71. The predicted molar refractivity (Wildman–Crippen MR) is 99.6 cm³/mol. The highest BCUT2D eigenvalue weighted by atomic mass is 32.2. The van der Waals surface area contributed by atoms with E-state index in [1.165, 1.54) is 18.5 Å². The molecule has 6 nitrogen and oxygen atoms in total. The molecule has 0 radical (unpaired) electrons. The minimum atomic E-state index is -3.69. The third-order valence-electron chi connectivity index (χ3n) is 3.73. The number of benzene rings is 2. The van der Waals surface area contributed by atoms with Crippen LogP contribution in [0.25, 0.3) is 11.3 Å². The number of oxazole rings is 1. The van der Waals surface area contributed by atoms with Crippen molar-refractivity contribution in [3.8, 4) is 17.1 Å². The number of rotatable bonds is 8. The summed E-state index contributed by atoms with van der Waals surface area (Å²) < 4.78 is 38.5. The molecule has 0 unspecified atom stereocenters. The van der Waals surface area contributed by atoms with Crippen molar-refractivity contribution in [3.63, 3.8) is 0 Å². The molecule has 0 amide bonds. The van der Waals surface area contributed by atoms with Crippen LogP contribution in [0.4, 0.5) is 5.69 Å². The van der Waals surface area contributed by atoms with Crippen LogP contribution in [-0.4, -0.2) is 20.0 Å². The van der Waals surface area contributed by atoms with Crippen molar-refractivity contribution in [3.05, 3.63) is 61.1 Å². The second-order valence-corrected chi connectivity index (χ2v) is 7.41. The first kappa shape index (κ1) is 18.0. The zero-order chi connectivity index (χ0) is 18.4. The Morgan fingerprint density at radius 1 is 1.15 bits per heavy atom. The van der Waals surface area contributed by atoms with Gasteiger partial charge in [0, 0.05) is 11.3 Å². The van der Waals surface area contributed by atoms with Gasteiger partial charge in [-0.3, -0.25) is 4.72 Å². The Hall–Kier alpha value is -2.80. The van der Waals surface area contributed by atoms with Crippen molar-refractivity contribution < 1.29 is 17.6 Å². The summed E-state index contributed by atoms with van der Waals surface area (Å²) in [6.07, 6.45) is 4.91. The summed E-state index contributed by atoms with van der Waals surface area (Å²) in [5.41, 5.74) is 1.18. The standard InChI is InChI=1S/C19H20N2O4S/c1-2-3-11-24-17-7-9-18(10-8-17)26(22,23)21-16-6-4-5-15(12-16)19-13-20-14-25-19/h4-10,12-14,21H,2-3,11H2,1H3. The van der Waals surface area contributed by atoms with E-state index in [0.29, 0.717) is 23.8 Å². The fourth-order valence-electron chi connectivity index (χ4n) is 2.36. The fraction of sp³-hybridized carbons (Fsp3) is 0.211. The summed E-state index contributed by atoms with van der Waals surface area (Å²) in [5.74, 6) is 1.23. The molecule has 136 valence electrons. The van der Waals surface area contributed by atoms with Gasteiger partial charge in [-0.15, -0.1) is 0 Å². The Morgan fingerprint density at radius 2 is 1.96 bits per heavy atom. The van der Waals surface area contributed by atoms with Crippen molar-refractivity contribution in [2.75, 3.05) is 11.3 Å². The van der Waals surface area contributed by atoms with Gasteiger partial charge in [-0.05, 0) is 42.8 Å². The Kier molecular flexibility index (Phi) is 5.58. The normalized spacial score (nSPS) is 11.3. The first-order chi connectivity index (χ1) is 12.6. The summed E-state index contributed by atoms with van der Waals surface area (Å²) in [4.78, 5) is 4.04. The molecule has 0 aliphatic heterocycles. The van der Waals surface area contributed by atoms with Crippen LogP contribution in [0.5, 0.6) is 5.75 Å². The Bertz CT molecular complexity index is 936. The monoisotopic (exact) mass is 372 g/mol. The maximum atomic E-state index is 12.6. The smallest absolute Gasteiger partial charge is 0.261 e. The molecule has 2 aromatic carbocycles. The number of anilines is 1. The van der Waals surface area contributed by atoms with E-state index >= 15 is 0 Å². The van der Waals surface area contributed by atoms with Gasteiger partial charge in [0.25, 0.3) is 10.0 Å². The van der Waals surface area contributed by atoms with Gasteiger partial charge in [0.1, 0.15) is 5.75 Å². The number of nitrogens with zero attached hydrogens (tertiary/aromatic N) is 1. The van der Waals surface area contributed by atoms with Gasteiger partial charge in [-0.25, -0.2) is 13.4 Å². The van der Waals surface area contributed by atoms with E-state index in [9.17, 15) is 8.42 Å². The molecule has 0 fully saturated rings. The molecule has 3 aromatic rings. The van der Waals surface area contributed by atoms with Gasteiger partial charge >= 0.3 is 0 Å². The quantitative estimate of drug-likeness (QED) is 0.596. The van der Waals surface area contributed by atoms with Gasteiger partial charge in [0.05, 0.1) is 17.7 Å². The van der Waals surface area contributed by atoms with Gasteiger partial charge in [-0.1, -0.05) is 25.5 Å². The molecule has 0 aliphatic rings. The first-order valence-electron chi connectivity index (χ1n) is 8.33. The molecule has 1 aromatic heterocycles. The average molecular weight is 372 g/mol. The average Bonchev–Trinajstić information content (AvgIpc) is 3.17. The van der Waals surface area contributed by atoms with Crippen molar-refractivity contribution >= 4 is 15.7 Å². The number of unbranched alkanes of at least 4 members (excludes halogenated alkanes) is 1. The molecule has 3 rings (SSSR count). The third kappa shape index (κ3) is 4.43. The molecular formula is C19H20N2O4S. The van der Waals surface area contributed by atoms with Crippen LogP contribution in [0.15, 0.2) is 70.4 Å². The lowest BCUT2D eigenvalue weighted by atomic mass is 10.2. The zero-order valence-electron chi connectivity index (χ0n) is 14.4. The number of ether oxygens (including phenoxy) is 1. The lowest BCUT2D eigenvalue weighted by molar-refractivity contribution is 0.309. The van der Waals surface area contributed by atoms with Crippen LogP contribution in [-0.2, 0) is 10.0 Å². The van der Waals surface area contributed by atoms with E-state index in [0.717, 1.165) is 18.4 Å². The molecule has 1 heterocycles. The molecule has 26 heavy (non-hydrogen) atoms. The maximum absolute atomic E-state index is 12.6. The van der Waals surface area contributed by atoms with E-state index in [1.54, 1.807) is 36.5 Å². The van der Waals surface area contributed by atoms with Gasteiger partial charge in [0.15, 0.2) is 12.2 Å². The van der Waals surface area contributed by atoms with Crippen molar-refractivity contribution in [2.45, 2.75) is 24.7 Å². The van der Waals surface area contributed by atoms with Crippen LogP contribution in [0.1, 0.15) is 19.8 Å². The molecule has 0 saturated heterocycles. The lowest BCUT2D eigenvalue weighted by Crippen LogP contribution is -2.12. The Labute approximate surface area is 152 Å². The maximum Gasteiger partial charge on any atom is 0.261 e. The van der Waals surface area contributed by atoms with Crippen LogP contribution in [0.3, 0.4) is 0 Å². The Balaban J connectivity index is 1.73. The topological polar surface area (TPSA) is 81.4 Å². The largest absolute Gasteiger partial charge is 0.494 e. The number of hydrogen-bond donors (Lipinski definition) is 1. The summed E-state index contributed by atoms with van der Waals surface area (Å²) in [7, 11) is -3.69. The van der Waals surface area contributed by atoms with Gasteiger partial charge in [-0.2, -0.15) is 0 Å². The van der Waals surface area contributed by atoms with Crippen molar-refractivity contribution in [2.24, 2.45) is 0 Å². The van der Waals surface area contributed by atoms with Crippen molar-refractivity contribution in [1.82, 2.24) is 4.98 Å². The van der Waals surface area contributed by atoms with Gasteiger partial charge in [0.2, 0.25) is 0 Å². The Morgan fingerprint density at radius 3 is 2.65 bits per heavy atom. The first-order valence-corrected chi connectivity index (χ1v) is 9.81. The molecular weight excluding hydrogens is 352 g/mol. The van der Waals surface area contributed by atoms with E-state index in [4.69, 9.17) is 9.15 Å². The lowest BCUT2D eigenvalue weighted by Gasteiger charge is -2.10. The number of aromatic nitrogens is 1. The van der Waals surface area contributed by atoms with Gasteiger partial charge < -0.3 is 9.15 Å². The highest BCUT2D eigenvalue weighted by Crippen LogP contribution is 2.24. The molecule has 0 bridgehead atoms. The van der Waals surface area contributed by atoms with E-state index < -0.39 is 10.0 Å². The molecule has 7 heteroatoms. The number of hydrogen-bond acceptors (Lipinski definition) is 5. The highest BCUT2D eigenvalue weighted by Gasteiger charge is 2.15. The molecule has 0 atom stereocenters. The summed E-state index contributed by atoms with van der Waals surface area (Å²) in [5, 5.41) is 0. The fourth-order valence-corrected chi connectivity index (χ4v) is 3.41. The minimum absolute atomic E-state index is 0.172. The van der Waals surface area contributed by atoms with Crippen LogP contribution in [0, 0.1) is 0 Å². The SMILES string of the molecule is CCCCOc1ccc(S(=O)(=O)Nc2cccc(-c3cnco3)c2)cc1. The van der Waals surface area contributed by atoms with E-state index in [2.05, 4.69) is 16.6 Å². The summed E-state index contributed by atoms with van der Waals surface area (Å²) >= 11 is 0. The highest BCUT2D eigenvalue weighted by molar-refractivity contribution is 7.92. The van der Waals surface area contributed by atoms with Crippen LogP contribution in [0.2, 0.25) is 0 Å². The second-order valence-electron chi connectivity index (χ2n) is 5.73. The second kappa shape index (κ2) is 8.05. The number of sulfonamides is 1. The minimum Gasteiger partial charge on any atom is -0.494 e. The molecule has 0 aliphatic carbocycles. The molecule has 0 spiro atoms. The molecule has 1 N–H and O–H groups in total. The summed E-state index contributed by atoms with van der Waals surface area (Å²) in [6, 6.07) is 13.3. The van der Waals surface area contributed by atoms with E-state index in [-0.39, 0.29) is 4.90 Å². The van der Waals surface area contributed by atoms with Crippen LogP contribution >= 0.6 is 0 Å². The predicted octanol–water partition coefficient (Wildman–Crippen LogP) is 4.32. The van der Waals surface area contributed by atoms with Crippen LogP contribution < -0.4 is 9.46 Å². The third-order valence-corrected chi connectivity index (χ3v) is 5.13.